The zero-order valence-electron chi connectivity index (χ0n) is 13.1. The summed E-state index contributed by atoms with van der Waals surface area (Å²) in [7, 11) is 0. The molecule has 0 aliphatic heterocycles. The third kappa shape index (κ3) is 4.56. The number of amides is 2. The summed E-state index contributed by atoms with van der Waals surface area (Å²) in [6, 6.07) is 7.46. The van der Waals surface area contributed by atoms with Gasteiger partial charge in [-0.25, -0.2) is 0 Å². The van der Waals surface area contributed by atoms with E-state index in [0.717, 1.165) is 31.2 Å². The smallest absolute Gasteiger partial charge is 0.251 e. The van der Waals surface area contributed by atoms with Crippen LogP contribution >= 0.6 is 0 Å². The van der Waals surface area contributed by atoms with Crippen molar-refractivity contribution in [2.75, 3.05) is 6.54 Å². The molecule has 0 bridgehead atoms. The molecule has 0 saturated heterocycles. The number of hydrogen-bond donors (Lipinski definition) is 3. The van der Waals surface area contributed by atoms with Crippen LogP contribution in [0.4, 0.5) is 0 Å². The Morgan fingerprint density at radius 3 is 2.55 bits per heavy atom. The molecule has 2 atom stereocenters. The molecule has 0 aromatic heterocycles. The van der Waals surface area contributed by atoms with Gasteiger partial charge in [0.05, 0.1) is 0 Å². The van der Waals surface area contributed by atoms with Crippen LogP contribution in [0.1, 0.15) is 48.5 Å². The van der Waals surface area contributed by atoms with Gasteiger partial charge in [-0.2, -0.15) is 0 Å². The van der Waals surface area contributed by atoms with Gasteiger partial charge >= 0.3 is 0 Å². The number of nitrogens with one attached hydrogen (secondary N) is 2. The summed E-state index contributed by atoms with van der Waals surface area (Å²) in [4.78, 5) is 23.8. The van der Waals surface area contributed by atoms with Crippen molar-refractivity contribution in [2.45, 2.75) is 45.2 Å². The summed E-state index contributed by atoms with van der Waals surface area (Å²) in [5, 5.41) is 5.73. The number of hydrogen-bond acceptors (Lipinski definition) is 3. The number of nitrogens with two attached hydrogens (primary N) is 1. The highest BCUT2D eigenvalue weighted by Gasteiger charge is 2.24. The highest BCUT2D eigenvalue weighted by atomic mass is 16.2. The fourth-order valence-electron chi connectivity index (χ4n) is 2.84. The molecule has 1 aromatic carbocycles. The molecule has 5 heteroatoms. The van der Waals surface area contributed by atoms with E-state index in [1.807, 2.05) is 19.1 Å². The Balaban J connectivity index is 1.83. The zero-order valence-corrected chi connectivity index (χ0v) is 13.1. The second-order valence-electron chi connectivity index (χ2n) is 5.90. The van der Waals surface area contributed by atoms with Crippen molar-refractivity contribution in [2.24, 2.45) is 11.7 Å². The van der Waals surface area contributed by atoms with Gasteiger partial charge in [-0.05, 0) is 43.9 Å². The van der Waals surface area contributed by atoms with Crippen LogP contribution in [0.25, 0.3) is 0 Å². The fourth-order valence-corrected chi connectivity index (χ4v) is 2.84. The van der Waals surface area contributed by atoms with Crippen LogP contribution < -0.4 is 16.4 Å². The molecule has 1 fully saturated rings. The lowest BCUT2D eigenvalue weighted by Crippen LogP contribution is -2.37. The monoisotopic (exact) mass is 303 g/mol. The predicted molar refractivity (Wildman–Crippen MR) is 86.2 cm³/mol. The first-order valence-electron chi connectivity index (χ1n) is 8.00. The van der Waals surface area contributed by atoms with Gasteiger partial charge in [0.2, 0.25) is 5.91 Å². The number of benzene rings is 1. The minimum absolute atomic E-state index is 0.0401. The third-order valence-electron chi connectivity index (χ3n) is 4.11. The van der Waals surface area contributed by atoms with Crippen LogP contribution in [0.15, 0.2) is 24.3 Å². The van der Waals surface area contributed by atoms with Gasteiger partial charge in [-0.15, -0.1) is 0 Å². The molecule has 0 radical (unpaired) electrons. The van der Waals surface area contributed by atoms with Gasteiger partial charge in [0.15, 0.2) is 0 Å². The summed E-state index contributed by atoms with van der Waals surface area (Å²) in [5.41, 5.74) is 7.54. The van der Waals surface area contributed by atoms with E-state index in [1.54, 1.807) is 12.1 Å². The second-order valence-corrected chi connectivity index (χ2v) is 5.90. The van der Waals surface area contributed by atoms with E-state index in [-0.39, 0.29) is 23.8 Å². The molecular formula is C17H25N3O2. The van der Waals surface area contributed by atoms with Gasteiger partial charge in [0, 0.05) is 30.6 Å². The molecule has 0 heterocycles. The van der Waals surface area contributed by atoms with Crippen molar-refractivity contribution < 1.29 is 9.59 Å². The van der Waals surface area contributed by atoms with Crippen LogP contribution in [0.5, 0.6) is 0 Å². The average molecular weight is 303 g/mol. The molecular weight excluding hydrogens is 278 g/mol. The van der Waals surface area contributed by atoms with Crippen molar-refractivity contribution in [1.29, 1.82) is 0 Å². The van der Waals surface area contributed by atoms with Crippen LogP contribution in [0.3, 0.4) is 0 Å². The SMILES string of the molecule is CCNC(=O)c1ccc(CNC(=O)C2CCCC(N)C2)cc1. The van der Waals surface area contributed by atoms with Crippen molar-refractivity contribution in [3.05, 3.63) is 35.4 Å². The fraction of sp³-hybridized carbons (Fsp3) is 0.529. The van der Waals surface area contributed by atoms with E-state index in [0.29, 0.717) is 18.7 Å². The van der Waals surface area contributed by atoms with Crippen LogP contribution in [-0.2, 0) is 11.3 Å². The van der Waals surface area contributed by atoms with Crippen molar-refractivity contribution >= 4 is 11.8 Å². The second kappa shape index (κ2) is 7.94. The van der Waals surface area contributed by atoms with E-state index in [4.69, 9.17) is 5.73 Å². The van der Waals surface area contributed by atoms with Crippen molar-refractivity contribution in [3.63, 3.8) is 0 Å². The molecule has 2 amide bonds. The minimum atomic E-state index is -0.0747. The molecule has 2 unspecified atom stereocenters. The van der Waals surface area contributed by atoms with E-state index >= 15 is 0 Å². The molecule has 5 nitrogen and oxygen atoms in total. The number of carbonyl (C=O) groups is 2. The normalized spacial score (nSPS) is 21.2. The maximum absolute atomic E-state index is 12.1. The number of carbonyl (C=O) groups excluding carboxylic acids is 2. The lowest BCUT2D eigenvalue weighted by Gasteiger charge is -2.25. The van der Waals surface area contributed by atoms with Crippen molar-refractivity contribution in [1.82, 2.24) is 10.6 Å². The first-order valence-corrected chi connectivity index (χ1v) is 8.00. The molecule has 2 rings (SSSR count). The van der Waals surface area contributed by atoms with Crippen LogP contribution in [0, 0.1) is 5.92 Å². The summed E-state index contributed by atoms with van der Waals surface area (Å²) in [6.07, 6.45) is 3.75. The maximum Gasteiger partial charge on any atom is 0.251 e. The van der Waals surface area contributed by atoms with Gasteiger partial charge in [-0.1, -0.05) is 18.6 Å². The van der Waals surface area contributed by atoms with Gasteiger partial charge in [0.1, 0.15) is 0 Å². The Labute approximate surface area is 131 Å². The maximum atomic E-state index is 12.1. The standard InChI is InChI=1S/C17H25N3O2/c1-2-19-16(21)13-8-6-12(7-9-13)11-20-17(22)14-4-3-5-15(18)10-14/h6-9,14-15H,2-5,10-11,18H2,1H3,(H,19,21)(H,20,22). The molecule has 1 aliphatic rings. The van der Waals surface area contributed by atoms with Crippen molar-refractivity contribution in [3.8, 4) is 0 Å². The van der Waals surface area contributed by atoms with E-state index < -0.39 is 0 Å². The molecule has 4 N–H and O–H groups in total. The topological polar surface area (TPSA) is 84.2 Å². The lowest BCUT2D eigenvalue weighted by atomic mass is 9.85. The molecule has 1 aromatic rings. The highest BCUT2D eigenvalue weighted by molar-refractivity contribution is 5.94. The minimum Gasteiger partial charge on any atom is -0.352 e. The predicted octanol–water partition coefficient (Wildman–Crippen LogP) is 1.57. The highest BCUT2D eigenvalue weighted by Crippen LogP contribution is 2.23. The largest absolute Gasteiger partial charge is 0.352 e. The quantitative estimate of drug-likeness (QED) is 0.772. The van der Waals surface area contributed by atoms with E-state index in [2.05, 4.69) is 10.6 Å². The summed E-state index contributed by atoms with van der Waals surface area (Å²) < 4.78 is 0. The Morgan fingerprint density at radius 2 is 1.91 bits per heavy atom. The van der Waals surface area contributed by atoms with Gasteiger partial charge in [0.25, 0.3) is 5.91 Å². The number of rotatable bonds is 5. The van der Waals surface area contributed by atoms with Gasteiger partial charge in [-0.3, -0.25) is 9.59 Å². The van der Waals surface area contributed by atoms with Crippen LogP contribution in [0.2, 0.25) is 0 Å². The molecule has 1 saturated carbocycles. The molecule has 0 spiro atoms. The van der Waals surface area contributed by atoms with Crippen LogP contribution in [-0.4, -0.2) is 24.4 Å². The Bertz CT molecular complexity index is 513. The molecule has 22 heavy (non-hydrogen) atoms. The average Bonchev–Trinajstić information content (AvgIpc) is 2.53. The molecule has 120 valence electrons. The Hall–Kier alpha value is -1.88. The van der Waals surface area contributed by atoms with Gasteiger partial charge < -0.3 is 16.4 Å². The van der Waals surface area contributed by atoms with E-state index in [1.165, 1.54) is 0 Å². The first-order chi connectivity index (χ1) is 10.6. The molecule has 1 aliphatic carbocycles. The Kier molecular flexibility index (Phi) is 5.95. The summed E-state index contributed by atoms with van der Waals surface area (Å²) in [5.74, 6) is 0.0515. The summed E-state index contributed by atoms with van der Waals surface area (Å²) in [6.45, 7) is 2.99. The third-order valence-corrected chi connectivity index (χ3v) is 4.11. The summed E-state index contributed by atoms with van der Waals surface area (Å²) >= 11 is 0. The van der Waals surface area contributed by atoms with E-state index in [9.17, 15) is 9.59 Å². The first kappa shape index (κ1) is 16.5. The zero-order chi connectivity index (χ0) is 15.9. The lowest BCUT2D eigenvalue weighted by molar-refractivity contribution is -0.126. The Morgan fingerprint density at radius 1 is 1.18 bits per heavy atom.